The van der Waals surface area contributed by atoms with E-state index in [0.717, 1.165) is 19.0 Å². The number of hydrogen-bond acceptors (Lipinski definition) is 6. The molecule has 0 fully saturated rings. The number of halogens is 4. The minimum absolute atomic E-state index is 0.209. The Bertz CT molecular complexity index is 1010. The van der Waals surface area contributed by atoms with Gasteiger partial charge in [0.1, 0.15) is 5.82 Å². The minimum atomic E-state index is -4.56. The molecule has 6 nitrogen and oxygen atoms in total. The van der Waals surface area contributed by atoms with Gasteiger partial charge in [0.2, 0.25) is 5.95 Å². The second kappa shape index (κ2) is 9.93. The van der Waals surface area contributed by atoms with Crippen molar-refractivity contribution in [3.05, 3.63) is 59.2 Å². The molecule has 3 rings (SSSR count). The Morgan fingerprint density at radius 3 is 2.52 bits per heavy atom. The molecule has 31 heavy (non-hydrogen) atoms. The quantitative estimate of drug-likeness (QED) is 0.453. The predicted octanol–water partition coefficient (Wildman–Crippen LogP) is 5.32. The van der Waals surface area contributed by atoms with Crippen molar-refractivity contribution < 1.29 is 13.2 Å². The van der Waals surface area contributed by atoms with Gasteiger partial charge in [-0.25, -0.2) is 4.98 Å². The van der Waals surface area contributed by atoms with Gasteiger partial charge in [0.05, 0.1) is 22.0 Å². The summed E-state index contributed by atoms with van der Waals surface area (Å²) >= 11 is 5.71. The largest absolute Gasteiger partial charge is 0.417 e. The third kappa shape index (κ3) is 6.53. The zero-order valence-corrected chi connectivity index (χ0v) is 17.8. The Morgan fingerprint density at radius 2 is 1.84 bits per heavy atom. The van der Waals surface area contributed by atoms with Crippen LogP contribution in [0, 0.1) is 0 Å². The lowest BCUT2D eigenvalue weighted by atomic mass is 10.2. The smallest absolute Gasteiger partial charge is 0.354 e. The number of hydrogen-bond donors (Lipinski definition) is 2. The molecule has 0 radical (unpaired) electrons. The molecular weight excluding hydrogens is 429 g/mol. The van der Waals surface area contributed by atoms with E-state index in [1.165, 1.54) is 12.1 Å². The SMILES string of the molecule is CN(C)CCCNc1nc(Nc2ccc(Cl)c(C(F)(F)F)c2)cc(-c2ccccn2)n1. The van der Waals surface area contributed by atoms with Crippen molar-refractivity contribution in [1.82, 2.24) is 19.9 Å². The molecule has 3 aromatic rings. The van der Waals surface area contributed by atoms with Crippen LogP contribution >= 0.6 is 11.6 Å². The van der Waals surface area contributed by atoms with Crippen LogP contribution in [-0.2, 0) is 6.18 Å². The molecule has 0 aliphatic carbocycles. The summed E-state index contributed by atoms with van der Waals surface area (Å²) in [4.78, 5) is 15.3. The maximum absolute atomic E-state index is 13.2. The van der Waals surface area contributed by atoms with Crippen LogP contribution in [0.4, 0.5) is 30.6 Å². The van der Waals surface area contributed by atoms with E-state index in [1.54, 1.807) is 24.4 Å². The summed E-state index contributed by atoms with van der Waals surface area (Å²) in [7, 11) is 3.98. The monoisotopic (exact) mass is 450 g/mol. The average Bonchev–Trinajstić information content (AvgIpc) is 2.72. The van der Waals surface area contributed by atoms with E-state index in [4.69, 9.17) is 11.6 Å². The van der Waals surface area contributed by atoms with Crippen LogP contribution in [-0.4, -0.2) is 47.0 Å². The highest BCUT2D eigenvalue weighted by Crippen LogP contribution is 2.36. The van der Waals surface area contributed by atoms with E-state index in [0.29, 0.717) is 29.7 Å². The van der Waals surface area contributed by atoms with Gasteiger partial charge in [-0.2, -0.15) is 18.2 Å². The molecule has 0 amide bonds. The molecule has 164 valence electrons. The molecule has 0 aliphatic heterocycles. The Hall–Kier alpha value is -2.91. The summed E-state index contributed by atoms with van der Waals surface area (Å²) in [5.74, 6) is 0.690. The number of rotatable bonds is 8. The van der Waals surface area contributed by atoms with E-state index < -0.39 is 11.7 Å². The molecule has 0 saturated carbocycles. The summed E-state index contributed by atoms with van der Waals surface area (Å²) in [5.41, 5.74) is 0.454. The van der Waals surface area contributed by atoms with Crippen molar-refractivity contribution in [2.24, 2.45) is 0 Å². The van der Waals surface area contributed by atoms with E-state index in [2.05, 4.69) is 30.5 Å². The first-order valence-corrected chi connectivity index (χ1v) is 9.93. The lowest BCUT2D eigenvalue weighted by molar-refractivity contribution is -0.137. The molecule has 0 atom stereocenters. The van der Waals surface area contributed by atoms with Gasteiger partial charge < -0.3 is 15.5 Å². The van der Waals surface area contributed by atoms with Gasteiger partial charge in [-0.15, -0.1) is 0 Å². The Kier molecular flexibility index (Phi) is 7.29. The average molecular weight is 451 g/mol. The van der Waals surface area contributed by atoms with Gasteiger partial charge >= 0.3 is 6.18 Å². The Morgan fingerprint density at radius 1 is 1.03 bits per heavy atom. The van der Waals surface area contributed by atoms with Crippen LogP contribution in [0.5, 0.6) is 0 Å². The summed E-state index contributed by atoms with van der Waals surface area (Å²) in [6.45, 7) is 1.53. The van der Waals surface area contributed by atoms with Crippen LogP contribution in [0.25, 0.3) is 11.4 Å². The maximum atomic E-state index is 13.2. The molecule has 10 heteroatoms. The summed E-state index contributed by atoms with van der Waals surface area (Å²) in [6, 6.07) is 10.7. The number of anilines is 3. The normalized spacial score (nSPS) is 11.6. The van der Waals surface area contributed by atoms with Crippen LogP contribution in [0.15, 0.2) is 48.7 Å². The van der Waals surface area contributed by atoms with Crippen LogP contribution < -0.4 is 10.6 Å². The first-order valence-electron chi connectivity index (χ1n) is 9.55. The summed E-state index contributed by atoms with van der Waals surface area (Å²) < 4.78 is 39.6. The van der Waals surface area contributed by atoms with E-state index in [9.17, 15) is 13.2 Å². The lowest BCUT2D eigenvalue weighted by Crippen LogP contribution is -2.17. The second-order valence-electron chi connectivity index (χ2n) is 7.08. The predicted molar refractivity (Wildman–Crippen MR) is 117 cm³/mol. The van der Waals surface area contributed by atoms with Crippen LogP contribution in [0.3, 0.4) is 0 Å². The van der Waals surface area contributed by atoms with Gasteiger partial charge in [0.15, 0.2) is 0 Å². The van der Waals surface area contributed by atoms with E-state index >= 15 is 0 Å². The molecule has 0 unspecified atom stereocenters. The van der Waals surface area contributed by atoms with Gasteiger partial charge in [-0.05, 0) is 57.4 Å². The number of aromatic nitrogens is 3. The fraction of sp³-hybridized carbons (Fsp3) is 0.286. The number of nitrogens with one attached hydrogen (secondary N) is 2. The van der Waals surface area contributed by atoms with Crippen LogP contribution in [0.2, 0.25) is 5.02 Å². The van der Waals surface area contributed by atoms with Gasteiger partial charge in [-0.1, -0.05) is 17.7 Å². The highest BCUT2D eigenvalue weighted by molar-refractivity contribution is 6.31. The molecule has 2 heterocycles. The standard InChI is InChI=1S/C21H22ClF3N6/c1-31(2)11-5-10-27-20-29-18(17-6-3-4-9-26-17)13-19(30-20)28-14-7-8-16(22)15(12-14)21(23,24)25/h3-4,6-9,12-13H,5,10-11H2,1-2H3,(H2,27,28,29,30). The van der Waals surface area contributed by atoms with Crippen molar-refractivity contribution in [3.63, 3.8) is 0 Å². The summed E-state index contributed by atoms with van der Waals surface area (Å²) in [6.07, 6.45) is -2.04. The Balaban J connectivity index is 1.89. The van der Waals surface area contributed by atoms with Crippen molar-refractivity contribution in [2.75, 3.05) is 37.8 Å². The third-order valence-electron chi connectivity index (χ3n) is 4.26. The van der Waals surface area contributed by atoms with Crippen molar-refractivity contribution in [2.45, 2.75) is 12.6 Å². The number of nitrogens with zero attached hydrogens (tertiary/aromatic N) is 4. The first-order chi connectivity index (χ1) is 14.7. The molecule has 0 spiro atoms. The number of alkyl halides is 3. The van der Waals surface area contributed by atoms with Crippen molar-refractivity contribution in [1.29, 1.82) is 0 Å². The highest BCUT2D eigenvalue weighted by atomic mass is 35.5. The fourth-order valence-corrected chi connectivity index (χ4v) is 3.02. The maximum Gasteiger partial charge on any atom is 0.417 e. The third-order valence-corrected chi connectivity index (χ3v) is 4.59. The first kappa shape index (κ1) is 22.8. The second-order valence-corrected chi connectivity index (χ2v) is 7.49. The lowest BCUT2D eigenvalue weighted by Gasteiger charge is -2.14. The minimum Gasteiger partial charge on any atom is -0.354 e. The van der Waals surface area contributed by atoms with Crippen molar-refractivity contribution >= 4 is 29.1 Å². The van der Waals surface area contributed by atoms with Gasteiger partial charge in [0, 0.05) is 24.5 Å². The molecule has 1 aromatic carbocycles. The highest BCUT2D eigenvalue weighted by Gasteiger charge is 2.33. The van der Waals surface area contributed by atoms with Crippen molar-refractivity contribution in [3.8, 4) is 11.4 Å². The number of pyridine rings is 1. The molecule has 2 N–H and O–H groups in total. The van der Waals surface area contributed by atoms with Crippen LogP contribution in [0.1, 0.15) is 12.0 Å². The fourth-order valence-electron chi connectivity index (χ4n) is 2.80. The number of benzene rings is 1. The molecule has 0 aliphatic rings. The van der Waals surface area contributed by atoms with Gasteiger partial charge in [-0.3, -0.25) is 4.98 Å². The van der Waals surface area contributed by atoms with E-state index in [-0.39, 0.29) is 10.7 Å². The Labute approximate surface area is 183 Å². The molecule has 2 aromatic heterocycles. The topological polar surface area (TPSA) is 66.0 Å². The van der Waals surface area contributed by atoms with E-state index in [1.807, 2.05) is 20.2 Å². The zero-order chi connectivity index (χ0) is 22.4. The molecular formula is C21H22ClF3N6. The zero-order valence-electron chi connectivity index (χ0n) is 17.0. The summed E-state index contributed by atoms with van der Waals surface area (Å²) in [5, 5.41) is 5.72. The molecule has 0 bridgehead atoms. The van der Waals surface area contributed by atoms with Gasteiger partial charge in [0.25, 0.3) is 0 Å². The molecule has 0 saturated heterocycles.